The Labute approximate surface area is 143 Å². The second kappa shape index (κ2) is 5.78. The lowest BCUT2D eigenvalue weighted by Crippen LogP contribution is -2.48. The Hall–Kier alpha value is -2.07. The van der Waals surface area contributed by atoms with E-state index in [2.05, 4.69) is 66.9 Å². The van der Waals surface area contributed by atoms with Crippen LogP contribution in [0.1, 0.15) is 19.4 Å². The molecule has 0 N–H and O–H groups in total. The number of rotatable bonds is 3. The maximum absolute atomic E-state index is 12.9. The van der Waals surface area contributed by atoms with Crippen LogP contribution in [-0.2, 0) is 11.3 Å². The molecule has 4 heteroatoms. The van der Waals surface area contributed by atoms with E-state index in [4.69, 9.17) is 0 Å². The summed E-state index contributed by atoms with van der Waals surface area (Å²) in [4.78, 5) is 17.2. The zero-order valence-corrected chi connectivity index (χ0v) is 14.7. The van der Waals surface area contributed by atoms with Gasteiger partial charge in [-0.15, -0.1) is 0 Å². The van der Waals surface area contributed by atoms with E-state index in [9.17, 15) is 4.79 Å². The van der Waals surface area contributed by atoms with Crippen LogP contribution in [0.15, 0.2) is 36.5 Å². The summed E-state index contributed by atoms with van der Waals surface area (Å²) in [5, 5.41) is 1.28. The summed E-state index contributed by atoms with van der Waals surface area (Å²) in [6.07, 6.45) is 4.43. The van der Waals surface area contributed by atoms with Gasteiger partial charge in [0.25, 0.3) is 0 Å². The van der Waals surface area contributed by atoms with E-state index in [0.717, 1.165) is 26.2 Å². The van der Waals surface area contributed by atoms with Gasteiger partial charge in [-0.25, -0.2) is 0 Å². The standard InChI is InChI=1S/C20H25N3O/c1-4-22(5-2)20(24)15-11-17-16-8-6-7-14-9-10-23(19(14)16)13-18(17)21(3)12-15/h6-11,15,18H,4-5,12-13H2,1-3H3/t15-,18?/m1/s1. The lowest BCUT2D eigenvalue weighted by molar-refractivity contribution is -0.134. The van der Waals surface area contributed by atoms with Crippen LogP contribution in [0.4, 0.5) is 0 Å². The van der Waals surface area contributed by atoms with Crippen molar-refractivity contribution >= 4 is 22.4 Å². The molecule has 24 heavy (non-hydrogen) atoms. The number of amides is 1. The first kappa shape index (κ1) is 15.5. The van der Waals surface area contributed by atoms with Gasteiger partial charge in [-0.1, -0.05) is 24.3 Å². The normalized spacial score (nSPS) is 23.0. The van der Waals surface area contributed by atoms with Crippen molar-refractivity contribution in [3.63, 3.8) is 0 Å². The van der Waals surface area contributed by atoms with E-state index < -0.39 is 0 Å². The van der Waals surface area contributed by atoms with Crippen molar-refractivity contribution < 1.29 is 4.79 Å². The molecule has 0 aliphatic carbocycles. The van der Waals surface area contributed by atoms with Gasteiger partial charge in [0.15, 0.2) is 0 Å². The smallest absolute Gasteiger partial charge is 0.230 e. The van der Waals surface area contributed by atoms with Crippen LogP contribution in [0.25, 0.3) is 16.5 Å². The van der Waals surface area contributed by atoms with Crippen LogP contribution in [0.3, 0.4) is 0 Å². The molecule has 0 saturated carbocycles. The van der Waals surface area contributed by atoms with Crippen molar-refractivity contribution in [2.75, 3.05) is 26.7 Å². The first-order valence-electron chi connectivity index (χ1n) is 8.93. The highest BCUT2D eigenvalue weighted by Gasteiger charge is 2.36. The molecule has 0 spiro atoms. The quantitative estimate of drug-likeness (QED) is 0.869. The number of aromatic nitrogens is 1. The van der Waals surface area contributed by atoms with Crippen molar-refractivity contribution in [2.45, 2.75) is 26.4 Å². The van der Waals surface area contributed by atoms with Gasteiger partial charge < -0.3 is 9.47 Å². The molecule has 1 unspecified atom stereocenters. The van der Waals surface area contributed by atoms with E-state index in [1.807, 2.05) is 4.90 Å². The second-order valence-electron chi connectivity index (χ2n) is 6.91. The summed E-state index contributed by atoms with van der Waals surface area (Å²) in [5.74, 6) is 0.212. The van der Waals surface area contributed by atoms with Crippen LogP contribution < -0.4 is 0 Å². The predicted molar refractivity (Wildman–Crippen MR) is 97.8 cm³/mol. The molecule has 1 aromatic heterocycles. The van der Waals surface area contributed by atoms with Crippen LogP contribution in [-0.4, -0.2) is 53.0 Å². The number of hydrogen-bond acceptors (Lipinski definition) is 2. The van der Waals surface area contributed by atoms with Crippen molar-refractivity contribution in [3.8, 4) is 0 Å². The summed E-state index contributed by atoms with van der Waals surface area (Å²) < 4.78 is 2.36. The van der Waals surface area contributed by atoms with Crippen molar-refractivity contribution in [1.82, 2.24) is 14.4 Å². The molecule has 0 fully saturated rings. The molecular weight excluding hydrogens is 298 g/mol. The fraction of sp³-hybridized carbons (Fsp3) is 0.450. The van der Waals surface area contributed by atoms with E-state index in [-0.39, 0.29) is 11.8 Å². The molecule has 2 aromatic rings. The summed E-state index contributed by atoms with van der Waals surface area (Å²) >= 11 is 0. The fourth-order valence-electron chi connectivity index (χ4n) is 4.31. The van der Waals surface area contributed by atoms with Gasteiger partial charge >= 0.3 is 0 Å². The van der Waals surface area contributed by atoms with Gasteiger partial charge in [0.2, 0.25) is 5.91 Å². The number of carbonyl (C=O) groups is 1. The average Bonchev–Trinajstić information content (AvgIpc) is 3.01. The SMILES string of the molecule is CCN(CC)C(=O)[C@@H]1C=C2c3cccc4ccn(c34)CC2N(C)C1. The topological polar surface area (TPSA) is 28.5 Å². The highest BCUT2D eigenvalue weighted by atomic mass is 16.2. The van der Waals surface area contributed by atoms with Gasteiger partial charge in [-0.3, -0.25) is 9.69 Å². The van der Waals surface area contributed by atoms with Crippen molar-refractivity contribution in [3.05, 3.63) is 42.1 Å². The minimum Gasteiger partial charge on any atom is -0.345 e. The number of carbonyl (C=O) groups excluding carboxylic acids is 1. The number of likely N-dealkylation sites (N-methyl/N-ethyl adjacent to an activating group) is 1. The third kappa shape index (κ3) is 2.20. The van der Waals surface area contributed by atoms with Crippen molar-refractivity contribution in [1.29, 1.82) is 0 Å². The lowest BCUT2D eigenvalue weighted by atomic mass is 9.85. The van der Waals surface area contributed by atoms with Crippen LogP contribution >= 0.6 is 0 Å². The Bertz CT molecular complexity index is 815. The molecule has 0 radical (unpaired) electrons. The lowest BCUT2D eigenvalue weighted by Gasteiger charge is -2.41. The second-order valence-corrected chi connectivity index (χ2v) is 6.91. The molecule has 1 amide bonds. The molecule has 2 aliphatic heterocycles. The summed E-state index contributed by atoms with van der Waals surface area (Å²) in [6.45, 7) is 7.43. The third-order valence-electron chi connectivity index (χ3n) is 5.62. The largest absolute Gasteiger partial charge is 0.345 e. The molecule has 0 saturated heterocycles. The zero-order valence-electron chi connectivity index (χ0n) is 14.7. The summed E-state index contributed by atoms with van der Waals surface area (Å²) in [5.41, 5.74) is 3.92. The maximum atomic E-state index is 12.9. The van der Waals surface area contributed by atoms with Gasteiger partial charge in [-0.2, -0.15) is 0 Å². The molecule has 2 atom stereocenters. The van der Waals surface area contributed by atoms with E-state index in [1.54, 1.807) is 0 Å². The number of nitrogens with zero attached hydrogens (tertiary/aromatic N) is 3. The zero-order chi connectivity index (χ0) is 16.8. The number of para-hydroxylation sites is 1. The minimum atomic E-state index is -0.0436. The molecule has 1 aromatic carbocycles. The summed E-state index contributed by atoms with van der Waals surface area (Å²) in [6, 6.07) is 9.04. The number of benzene rings is 1. The molecule has 3 heterocycles. The van der Waals surface area contributed by atoms with Crippen molar-refractivity contribution in [2.24, 2.45) is 5.92 Å². The van der Waals surface area contributed by atoms with Gasteiger partial charge in [0.1, 0.15) is 0 Å². The molecular formula is C20H25N3O. The molecule has 0 bridgehead atoms. The van der Waals surface area contributed by atoms with Crippen LogP contribution in [0.2, 0.25) is 0 Å². The van der Waals surface area contributed by atoms with Crippen LogP contribution in [0.5, 0.6) is 0 Å². The summed E-state index contributed by atoms with van der Waals surface area (Å²) in [7, 11) is 2.15. The third-order valence-corrected chi connectivity index (χ3v) is 5.62. The maximum Gasteiger partial charge on any atom is 0.230 e. The van der Waals surface area contributed by atoms with Crippen LogP contribution in [0, 0.1) is 5.92 Å². The highest BCUT2D eigenvalue weighted by molar-refractivity contribution is 5.96. The molecule has 4 nitrogen and oxygen atoms in total. The monoisotopic (exact) mass is 323 g/mol. The molecule has 2 aliphatic rings. The van der Waals surface area contributed by atoms with E-state index in [1.165, 1.54) is 22.0 Å². The van der Waals surface area contributed by atoms with Gasteiger partial charge in [-0.05, 0) is 32.5 Å². The van der Waals surface area contributed by atoms with E-state index >= 15 is 0 Å². The Kier molecular flexibility index (Phi) is 3.72. The first-order chi connectivity index (χ1) is 11.6. The van der Waals surface area contributed by atoms with E-state index in [0.29, 0.717) is 6.04 Å². The first-order valence-corrected chi connectivity index (χ1v) is 8.93. The highest BCUT2D eigenvalue weighted by Crippen LogP contribution is 2.38. The fourth-order valence-corrected chi connectivity index (χ4v) is 4.31. The Morgan fingerprint density at radius 2 is 2.00 bits per heavy atom. The minimum absolute atomic E-state index is 0.0436. The average molecular weight is 323 g/mol. The molecule has 4 rings (SSSR count). The van der Waals surface area contributed by atoms with Gasteiger partial charge in [0.05, 0.1) is 17.5 Å². The Morgan fingerprint density at radius 3 is 2.75 bits per heavy atom. The number of hydrogen-bond donors (Lipinski definition) is 0. The predicted octanol–water partition coefficient (Wildman–Crippen LogP) is 2.84. The Balaban J connectivity index is 1.80. The van der Waals surface area contributed by atoms with Gasteiger partial charge in [0, 0.05) is 43.3 Å². The number of fused-ring (bicyclic) bond motifs is 2. The molecule has 126 valence electrons. The Morgan fingerprint density at radius 1 is 1.21 bits per heavy atom.